The number of carbonyl (C=O) groups is 2. The fraction of sp³-hybridized carbons (Fsp3) is 0.509. The Bertz CT molecular complexity index is 1420. The molecule has 0 aromatic rings. The molecular weight excluding hydrogens is 765 g/mol. The summed E-state index contributed by atoms with van der Waals surface area (Å²) in [5, 5.41) is 9.61. The fourth-order valence-corrected chi connectivity index (χ4v) is 5.77. The van der Waals surface area contributed by atoms with Crippen LogP contribution in [0.25, 0.3) is 0 Å². The molecule has 0 saturated carbocycles. The smallest absolute Gasteiger partial charge is 0.306 e. The first-order valence-electron chi connectivity index (χ1n) is 24.0. The van der Waals surface area contributed by atoms with Gasteiger partial charge in [0.2, 0.25) is 0 Å². The van der Waals surface area contributed by atoms with Gasteiger partial charge >= 0.3 is 11.9 Å². The highest BCUT2D eigenvalue weighted by atomic mass is 16.6. The molecule has 0 aliphatic heterocycles. The van der Waals surface area contributed by atoms with Gasteiger partial charge in [-0.3, -0.25) is 9.59 Å². The van der Waals surface area contributed by atoms with Crippen LogP contribution in [-0.2, 0) is 19.1 Å². The fourth-order valence-electron chi connectivity index (χ4n) is 5.77. The summed E-state index contributed by atoms with van der Waals surface area (Å²) in [7, 11) is 0. The molecule has 0 aromatic heterocycles. The van der Waals surface area contributed by atoms with E-state index < -0.39 is 6.10 Å². The van der Waals surface area contributed by atoms with Crippen LogP contribution in [0.1, 0.15) is 168 Å². The van der Waals surface area contributed by atoms with Crippen molar-refractivity contribution in [3.05, 3.63) is 158 Å². The van der Waals surface area contributed by atoms with Crippen molar-refractivity contribution in [1.82, 2.24) is 0 Å². The standard InChI is InChI=1S/C57H86O5/c1-3-5-7-9-11-13-15-17-19-21-23-25-26-27-28-29-30-32-34-36-38-40-42-44-46-48-50-52-57(60)62-55(53-58)54-61-56(59)51-49-47-45-43-41-39-37-35-33-31-24-22-20-18-16-14-12-10-8-6-4-2/h5-8,11-14,17-20,23-25,27-28,30-32,35-38,41,43,55,58H,3-4,9-10,15-16,21-22,26,29,33-34,39-40,42,44-54H2,1-2H3/b7-5-,8-6-,13-11-,14-12-,19-17-,20-18-,25-23-,28-27-,31-24-,32-30-,37-35-,38-36-,43-41-. The third kappa shape index (κ3) is 48.2. The normalized spacial score (nSPS) is 13.7. The lowest BCUT2D eigenvalue weighted by molar-refractivity contribution is -0.161. The number of carbonyl (C=O) groups excluding carboxylic acids is 2. The van der Waals surface area contributed by atoms with Crippen LogP contribution in [0.3, 0.4) is 0 Å². The molecule has 1 atom stereocenters. The van der Waals surface area contributed by atoms with Gasteiger partial charge in [0.05, 0.1) is 6.61 Å². The summed E-state index contributed by atoms with van der Waals surface area (Å²) in [5.74, 6) is -0.681. The molecule has 0 aromatic carbocycles. The lowest BCUT2D eigenvalue weighted by atomic mass is 10.1. The molecular formula is C57H86O5. The zero-order valence-corrected chi connectivity index (χ0v) is 39.1. The van der Waals surface area contributed by atoms with E-state index in [1.165, 1.54) is 0 Å². The maximum absolute atomic E-state index is 12.3. The van der Waals surface area contributed by atoms with Gasteiger partial charge in [-0.05, 0) is 122 Å². The van der Waals surface area contributed by atoms with E-state index in [0.717, 1.165) is 141 Å². The number of aliphatic hydroxyl groups is 1. The molecule has 0 aliphatic rings. The van der Waals surface area contributed by atoms with Gasteiger partial charge in [-0.25, -0.2) is 0 Å². The third-order valence-corrected chi connectivity index (χ3v) is 9.32. The molecule has 344 valence electrons. The highest BCUT2D eigenvalue weighted by Crippen LogP contribution is 2.10. The third-order valence-electron chi connectivity index (χ3n) is 9.32. The van der Waals surface area contributed by atoms with Crippen molar-refractivity contribution in [3.8, 4) is 0 Å². The number of ether oxygens (including phenoxy) is 2. The molecule has 1 unspecified atom stereocenters. The average Bonchev–Trinajstić information content (AvgIpc) is 3.28. The van der Waals surface area contributed by atoms with Crippen LogP contribution in [0.2, 0.25) is 0 Å². The molecule has 0 fully saturated rings. The van der Waals surface area contributed by atoms with Crippen LogP contribution in [0.15, 0.2) is 158 Å². The SMILES string of the molecule is CC/C=C\C/C=C\C/C=C\C/C=C\C/C=C\C/C=C\C/C=C\CCCCCCCC(=O)OC(CO)COC(=O)CCCC/C=C\C/C=C\C/C=C\C/C=C\C/C=C\C/C=C\CC. The van der Waals surface area contributed by atoms with Crippen LogP contribution in [0, 0.1) is 0 Å². The summed E-state index contributed by atoms with van der Waals surface area (Å²) in [6, 6.07) is 0. The first-order chi connectivity index (χ1) is 30.6. The minimum absolute atomic E-state index is 0.109. The molecule has 0 rings (SSSR count). The Hall–Kier alpha value is -4.48. The van der Waals surface area contributed by atoms with Crippen molar-refractivity contribution in [3.63, 3.8) is 0 Å². The van der Waals surface area contributed by atoms with Gasteiger partial charge in [-0.1, -0.05) is 191 Å². The Balaban J connectivity index is 3.73. The first kappa shape index (κ1) is 57.5. The highest BCUT2D eigenvalue weighted by molar-refractivity contribution is 5.70. The van der Waals surface area contributed by atoms with Gasteiger partial charge in [0.15, 0.2) is 6.10 Å². The second-order valence-electron chi connectivity index (χ2n) is 15.1. The van der Waals surface area contributed by atoms with Crippen molar-refractivity contribution in [2.24, 2.45) is 0 Å². The van der Waals surface area contributed by atoms with Crippen molar-refractivity contribution >= 4 is 11.9 Å². The number of hydrogen-bond acceptors (Lipinski definition) is 5. The molecule has 0 aliphatic carbocycles. The predicted molar refractivity (Wildman–Crippen MR) is 269 cm³/mol. The molecule has 1 N–H and O–H groups in total. The van der Waals surface area contributed by atoms with E-state index in [1.807, 2.05) is 0 Å². The van der Waals surface area contributed by atoms with Crippen LogP contribution >= 0.6 is 0 Å². The monoisotopic (exact) mass is 851 g/mol. The molecule has 62 heavy (non-hydrogen) atoms. The second-order valence-corrected chi connectivity index (χ2v) is 15.1. The lowest BCUT2D eigenvalue weighted by Crippen LogP contribution is -2.28. The topological polar surface area (TPSA) is 72.8 Å². The van der Waals surface area contributed by atoms with E-state index in [4.69, 9.17) is 9.47 Å². The quantitative estimate of drug-likeness (QED) is 0.0377. The van der Waals surface area contributed by atoms with E-state index >= 15 is 0 Å². The molecule has 0 heterocycles. The largest absolute Gasteiger partial charge is 0.462 e. The van der Waals surface area contributed by atoms with E-state index in [2.05, 4.69) is 172 Å². The summed E-state index contributed by atoms with van der Waals surface area (Å²) < 4.78 is 10.6. The maximum atomic E-state index is 12.3. The highest BCUT2D eigenvalue weighted by Gasteiger charge is 2.16. The minimum Gasteiger partial charge on any atom is -0.462 e. The van der Waals surface area contributed by atoms with E-state index in [1.54, 1.807) is 0 Å². The van der Waals surface area contributed by atoms with Gasteiger partial charge in [0.25, 0.3) is 0 Å². The predicted octanol–water partition coefficient (Wildman–Crippen LogP) is 16.1. The number of unbranched alkanes of at least 4 members (excludes halogenated alkanes) is 7. The number of rotatable bonds is 41. The molecule has 0 radical (unpaired) electrons. The molecule has 5 nitrogen and oxygen atoms in total. The summed E-state index contributed by atoms with van der Waals surface area (Å²) in [6.07, 6.45) is 78.9. The van der Waals surface area contributed by atoms with E-state index in [9.17, 15) is 14.7 Å². The Morgan fingerprint density at radius 3 is 1.00 bits per heavy atom. The zero-order chi connectivity index (χ0) is 44.9. The minimum atomic E-state index is -0.815. The number of allylic oxidation sites excluding steroid dienone is 26. The molecule has 0 saturated heterocycles. The lowest BCUT2D eigenvalue weighted by Gasteiger charge is -2.15. The average molecular weight is 851 g/mol. The molecule has 0 amide bonds. The van der Waals surface area contributed by atoms with Gasteiger partial charge in [-0.2, -0.15) is 0 Å². The molecule has 0 bridgehead atoms. The Morgan fingerprint density at radius 1 is 0.371 bits per heavy atom. The maximum Gasteiger partial charge on any atom is 0.306 e. The summed E-state index contributed by atoms with van der Waals surface area (Å²) in [4.78, 5) is 24.4. The number of hydrogen-bond donors (Lipinski definition) is 1. The first-order valence-corrected chi connectivity index (χ1v) is 24.0. The zero-order valence-electron chi connectivity index (χ0n) is 39.1. The van der Waals surface area contributed by atoms with Gasteiger partial charge in [0, 0.05) is 12.8 Å². The Kier molecular flexibility index (Phi) is 47.2. The van der Waals surface area contributed by atoms with Crippen LogP contribution in [-0.4, -0.2) is 36.4 Å². The van der Waals surface area contributed by atoms with Crippen molar-refractivity contribution in [2.45, 2.75) is 174 Å². The van der Waals surface area contributed by atoms with E-state index in [-0.39, 0.29) is 25.2 Å². The van der Waals surface area contributed by atoms with Gasteiger partial charge in [-0.15, -0.1) is 0 Å². The number of esters is 2. The van der Waals surface area contributed by atoms with Gasteiger partial charge in [0.1, 0.15) is 6.61 Å². The van der Waals surface area contributed by atoms with Crippen molar-refractivity contribution < 1.29 is 24.2 Å². The van der Waals surface area contributed by atoms with Crippen LogP contribution in [0.4, 0.5) is 0 Å². The second kappa shape index (κ2) is 50.9. The Labute approximate surface area is 380 Å². The summed E-state index contributed by atoms with van der Waals surface area (Å²) in [6.45, 7) is 3.83. The van der Waals surface area contributed by atoms with Gasteiger partial charge < -0.3 is 14.6 Å². The number of aliphatic hydroxyl groups excluding tert-OH is 1. The van der Waals surface area contributed by atoms with Crippen molar-refractivity contribution in [1.29, 1.82) is 0 Å². The molecule has 5 heteroatoms. The molecule has 0 spiro atoms. The van der Waals surface area contributed by atoms with Crippen LogP contribution in [0.5, 0.6) is 0 Å². The van der Waals surface area contributed by atoms with Crippen molar-refractivity contribution in [2.75, 3.05) is 13.2 Å². The summed E-state index contributed by atoms with van der Waals surface area (Å²) in [5.41, 5.74) is 0. The summed E-state index contributed by atoms with van der Waals surface area (Å²) >= 11 is 0. The van der Waals surface area contributed by atoms with Crippen LogP contribution < -0.4 is 0 Å². The Morgan fingerprint density at radius 2 is 0.645 bits per heavy atom. The van der Waals surface area contributed by atoms with E-state index in [0.29, 0.717) is 12.8 Å².